The maximum Gasteiger partial charge on any atom is 0.264 e. The fourth-order valence-electron chi connectivity index (χ4n) is 5.98. The van der Waals surface area contributed by atoms with Crippen LogP contribution in [0.5, 0.6) is 0 Å². The van der Waals surface area contributed by atoms with Crippen LogP contribution in [-0.4, -0.2) is 43.8 Å². The summed E-state index contributed by atoms with van der Waals surface area (Å²) in [6, 6.07) is 29.7. The van der Waals surface area contributed by atoms with Gasteiger partial charge in [-0.3, -0.25) is 13.9 Å². The number of halogens is 1. The SMILES string of the molecule is Cc1ccc(S(=O)(=O)N(CC(=O)N(Cc2ccccc2)[C@H](Cc2ccccc2)C(=O)NC2CCCCC2)c2ccc(C)c(Cl)c2)cc1. The van der Waals surface area contributed by atoms with Crippen LogP contribution in [0.25, 0.3) is 0 Å². The summed E-state index contributed by atoms with van der Waals surface area (Å²) in [4.78, 5) is 30.4. The average molecular weight is 672 g/mol. The predicted octanol–water partition coefficient (Wildman–Crippen LogP) is 7.24. The number of nitrogens with one attached hydrogen (secondary N) is 1. The molecule has 246 valence electrons. The van der Waals surface area contributed by atoms with Gasteiger partial charge in [-0.25, -0.2) is 8.42 Å². The van der Waals surface area contributed by atoms with E-state index in [9.17, 15) is 18.0 Å². The number of sulfonamides is 1. The molecule has 1 N–H and O–H groups in total. The highest BCUT2D eigenvalue weighted by atomic mass is 35.5. The topological polar surface area (TPSA) is 86.8 Å². The molecular formula is C38H42ClN3O4S. The summed E-state index contributed by atoms with van der Waals surface area (Å²) in [6.45, 7) is 3.31. The largest absolute Gasteiger partial charge is 0.352 e. The first kappa shape index (κ1) is 34.2. The lowest BCUT2D eigenvalue weighted by atomic mass is 9.94. The lowest BCUT2D eigenvalue weighted by Crippen LogP contribution is -2.55. The first-order valence-electron chi connectivity index (χ1n) is 16.1. The van der Waals surface area contributed by atoms with Crippen molar-refractivity contribution in [3.8, 4) is 0 Å². The lowest BCUT2D eigenvalue weighted by Gasteiger charge is -2.35. The third-order valence-corrected chi connectivity index (χ3v) is 10.9. The van der Waals surface area contributed by atoms with Gasteiger partial charge in [0, 0.05) is 24.0 Å². The maximum atomic E-state index is 14.7. The summed E-state index contributed by atoms with van der Waals surface area (Å²) < 4.78 is 29.6. The van der Waals surface area contributed by atoms with Gasteiger partial charge >= 0.3 is 0 Å². The average Bonchev–Trinajstić information content (AvgIpc) is 3.08. The van der Waals surface area contributed by atoms with Crippen molar-refractivity contribution < 1.29 is 18.0 Å². The molecule has 1 aliphatic rings. The zero-order chi connectivity index (χ0) is 33.4. The molecule has 1 atom stereocenters. The molecule has 47 heavy (non-hydrogen) atoms. The fourth-order valence-corrected chi connectivity index (χ4v) is 7.56. The van der Waals surface area contributed by atoms with Gasteiger partial charge < -0.3 is 10.2 Å². The molecule has 1 saturated carbocycles. The molecule has 7 nitrogen and oxygen atoms in total. The smallest absolute Gasteiger partial charge is 0.264 e. The van der Waals surface area contributed by atoms with Crippen LogP contribution in [0, 0.1) is 13.8 Å². The van der Waals surface area contributed by atoms with Gasteiger partial charge in [0.2, 0.25) is 11.8 Å². The van der Waals surface area contributed by atoms with Gasteiger partial charge in [0.15, 0.2) is 0 Å². The Balaban J connectivity index is 1.56. The number of carbonyl (C=O) groups excluding carboxylic acids is 2. The van der Waals surface area contributed by atoms with E-state index in [0.717, 1.165) is 58.7 Å². The van der Waals surface area contributed by atoms with E-state index in [-0.39, 0.29) is 35.5 Å². The molecule has 4 aromatic rings. The van der Waals surface area contributed by atoms with E-state index < -0.39 is 28.5 Å². The minimum absolute atomic E-state index is 0.0383. The Bertz CT molecular complexity index is 1760. The molecule has 5 rings (SSSR count). The van der Waals surface area contributed by atoms with Crippen molar-refractivity contribution in [3.05, 3.63) is 130 Å². The van der Waals surface area contributed by atoms with Gasteiger partial charge in [0.1, 0.15) is 12.6 Å². The van der Waals surface area contributed by atoms with E-state index in [1.165, 1.54) is 17.0 Å². The predicted molar refractivity (Wildman–Crippen MR) is 188 cm³/mol. The van der Waals surface area contributed by atoms with Crippen molar-refractivity contribution >= 4 is 39.1 Å². The van der Waals surface area contributed by atoms with Crippen LogP contribution >= 0.6 is 11.6 Å². The maximum absolute atomic E-state index is 14.7. The molecule has 1 fully saturated rings. The molecule has 0 heterocycles. The molecule has 1 aliphatic carbocycles. The Morgan fingerprint density at radius 1 is 0.830 bits per heavy atom. The third-order valence-electron chi connectivity index (χ3n) is 8.75. The molecule has 0 aromatic heterocycles. The highest BCUT2D eigenvalue weighted by Crippen LogP contribution is 2.29. The van der Waals surface area contributed by atoms with Gasteiger partial charge in [-0.1, -0.05) is 115 Å². The molecule has 0 bridgehead atoms. The Morgan fingerprint density at radius 3 is 2.06 bits per heavy atom. The van der Waals surface area contributed by atoms with Gasteiger partial charge in [-0.2, -0.15) is 0 Å². The van der Waals surface area contributed by atoms with Crippen LogP contribution in [0.2, 0.25) is 5.02 Å². The molecule has 4 aromatic carbocycles. The van der Waals surface area contributed by atoms with E-state index in [2.05, 4.69) is 5.32 Å². The van der Waals surface area contributed by atoms with Crippen LogP contribution in [0.4, 0.5) is 5.69 Å². The first-order chi connectivity index (χ1) is 22.6. The molecule has 0 radical (unpaired) electrons. The first-order valence-corrected chi connectivity index (χ1v) is 18.0. The zero-order valence-corrected chi connectivity index (χ0v) is 28.5. The van der Waals surface area contributed by atoms with Crippen LogP contribution in [0.3, 0.4) is 0 Å². The van der Waals surface area contributed by atoms with Gasteiger partial charge in [0.25, 0.3) is 10.0 Å². The zero-order valence-electron chi connectivity index (χ0n) is 26.9. The van der Waals surface area contributed by atoms with Crippen LogP contribution in [0.15, 0.2) is 108 Å². The van der Waals surface area contributed by atoms with Gasteiger partial charge in [-0.15, -0.1) is 0 Å². The summed E-state index contributed by atoms with van der Waals surface area (Å²) >= 11 is 6.49. The second-order valence-electron chi connectivity index (χ2n) is 12.3. The minimum Gasteiger partial charge on any atom is -0.352 e. The quantitative estimate of drug-likeness (QED) is 0.172. The number of hydrogen-bond acceptors (Lipinski definition) is 4. The number of aryl methyl sites for hydroxylation is 2. The van der Waals surface area contributed by atoms with Crippen molar-refractivity contribution in [2.24, 2.45) is 0 Å². The van der Waals surface area contributed by atoms with Crippen molar-refractivity contribution in [1.82, 2.24) is 10.2 Å². The van der Waals surface area contributed by atoms with E-state index in [4.69, 9.17) is 11.6 Å². The monoisotopic (exact) mass is 671 g/mol. The van der Waals surface area contributed by atoms with Crippen LogP contribution in [-0.2, 0) is 32.6 Å². The van der Waals surface area contributed by atoms with Crippen molar-refractivity contribution in [2.45, 2.75) is 75.9 Å². The lowest BCUT2D eigenvalue weighted by molar-refractivity contribution is -0.140. The number of anilines is 1. The van der Waals surface area contributed by atoms with Gasteiger partial charge in [0.05, 0.1) is 10.6 Å². The van der Waals surface area contributed by atoms with E-state index in [1.807, 2.05) is 74.5 Å². The molecule has 0 unspecified atom stereocenters. The molecule has 0 aliphatic heterocycles. The standard InChI is InChI=1S/C38H42ClN3O4S/c1-28-18-22-34(23-19-28)47(45,46)42(33-21-20-29(2)35(39)25-33)27-37(43)41(26-31-14-8-4-9-15-31)36(24-30-12-6-3-7-13-30)38(44)40-32-16-10-5-11-17-32/h3-4,6-9,12-15,18-23,25,32,36H,5,10-11,16-17,24,26-27H2,1-2H3,(H,40,44)/t36-/m1/s1. The minimum atomic E-state index is -4.20. The summed E-state index contributed by atoms with van der Waals surface area (Å²) in [5.41, 5.74) is 3.68. The fraction of sp³-hybridized carbons (Fsp3) is 0.316. The highest BCUT2D eigenvalue weighted by Gasteiger charge is 2.35. The third kappa shape index (κ3) is 8.82. The van der Waals surface area contributed by atoms with Gasteiger partial charge in [-0.05, 0) is 67.6 Å². The molecule has 0 saturated heterocycles. The Labute approximate surface area is 283 Å². The van der Waals surface area contributed by atoms with Crippen LogP contribution in [0.1, 0.15) is 54.4 Å². The highest BCUT2D eigenvalue weighted by molar-refractivity contribution is 7.92. The molecule has 2 amide bonds. The Morgan fingerprint density at radius 2 is 1.45 bits per heavy atom. The second kappa shape index (κ2) is 15.6. The molecule has 9 heteroatoms. The van der Waals surface area contributed by atoms with Crippen molar-refractivity contribution in [2.75, 3.05) is 10.8 Å². The van der Waals surface area contributed by atoms with E-state index in [0.29, 0.717) is 5.02 Å². The van der Waals surface area contributed by atoms with E-state index >= 15 is 0 Å². The summed E-state index contributed by atoms with van der Waals surface area (Å²) in [7, 11) is -4.20. The molecular weight excluding hydrogens is 630 g/mol. The normalized spacial score (nSPS) is 14.3. The molecule has 0 spiro atoms. The summed E-state index contributed by atoms with van der Waals surface area (Å²) in [5, 5.41) is 3.62. The number of rotatable bonds is 12. The number of nitrogens with zero attached hydrogens (tertiary/aromatic N) is 2. The van der Waals surface area contributed by atoms with Crippen molar-refractivity contribution in [3.63, 3.8) is 0 Å². The number of amides is 2. The Hall–Kier alpha value is -4.14. The summed E-state index contributed by atoms with van der Waals surface area (Å²) in [6.07, 6.45) is 5.31. The summed E-state index contributed by atoms with van der Waals surface area (Å²) in [5.74, 6) is -0.739. The Kier molecular flexibility index (Phi) is 11.4. The number of carbonyl (C=O) groups is 2. The van der Waals surface area contributed by atoms with E-state index in [1.54, 1.807) is 30.3 Å². The number of benzene rings is 4. The van der Waals surface area contributed by atoms with Crippen LogP contribution < -0.4 is 9.62 Å². The second-order valence-corrected chi connectivity index (χ2v) is 14.6. The number of hydrogen-bond donors (Lipinski definition) is 1. The van der Waals surface area contributed by atoms with Crippen molar-refractivity contribution in [1.29, 1.82) is 0 Å².